The maximum atomic E-state index is 5.43. The molecule has 2 heteroatoms. The zero-order chi connectivity index (χ0) is 8.81. The van der Waals surface area contributed by atoms with Gasteiger partial charge in [-0.3, -0.25) is 0 Å². The maximum Gasteiger partial charge on any atom is 0.00670 e. The van der Waals surface area contributed by atoms with Crippen LogP contribution in [0.3, 0.4) is 0 Å². The van der Waals surface area contributed by atoms with Crippen LogP contribution in [0.2, 0.25) is 0 Å². The Balaban J connectivity index is 2.05. The van der Waals surface area contributed by atoms with Crippen LogP contribution in [-0.2, 0) is 0 Å². The quantitative estimate of drug-likeness (QED) is 0.614. The fourth-order valence-corrected chi connectivity index (χ4v) is 2.06. The van der Waals surface area contributed by atoms with Crippen LogP contribution in [0.5, 0.6) is 0 Å². The van der Waals surface area contributed by atoms with E-state index < -0.39 is 0 Å². The normalized spacial score (nSPS) is 21.5. The molecule has 12 heavy (non-hydrogen) atoms. The van der Waals surface area contributed by atoms with E-state index in [0.717, 1.165) is 25.4 Å². The highest BCUT2D eigenvalue weighted by molar-refractivity contribution is 4.76. The van der Waals surface area contributed by atoms with Crippen molar-refractivity contribution in [1.82, 2.24) is 5.32 Å². The summed E-state index contributed by atoms with van der Waals surface area (Å²) < 4.78 is 0. The van der Waals surface area contributed by atoms with E-state index in [-0.39, 0.29) is 0 Å². The van der Waals surface area contributed by atoms with E-state index in [0.29, 0.717) is 6.04 Å². The molecule has 1 atom stereocenters. The van der Waals surface area contributed by atoms with Gasteiger partial charge in [-0.15, -0.1) is 0 Å². The summed E-state index contributed by atoms with van der Waals surface area (Å²) in [5, 5.41) is 3.55. The predicted molar refractivity (Wildman–Crippen MR) is 53.1 cm³/mol. The molecule has 3 N–H and O–H groups in total. The van der Waals surface area contributed by atoms with E-state index in [9.17, 15) is 0 Å². The smallest absolute Gasteiger partial charge is 0.00670 e. The minimum atomic E-state index is 0.707. The second kappa shape index (κ2) is 5.55. The summed E-state index contributed by atoms with van der Waals surface area (Å²) in [7, 11) is 0. The van der Waals surface area contributed by atoms with Gasteiger partial charge in [0.2, 0.25) is 0 Å². The van der Waals surface area contributed by atoms with Crippen molar-refractivity contribution >= 4 is 0 Å². The van der Waals surface area contributed by atoms with Gasteiger partial charge in [0.25, 0.3) is 0 Å². The fourth-order valence-electron chi connectivity index (χ4n) is 2.06. The Morgan fingerprint density at radius 3 is 2.67 bits per heavy atom. The molecule has 0 aromatic heterocycles. The summed E-state index contributed by atoms with van der Waals surface area (Å²) >= 11 is 0. The van der Waals surface area contributed by atoms with Crippen molar-refractivity contribution < 1.29 is 0 Å². The highest BCUT2D eigenvalue weighted by Gasteiger charge is 2.20. The van der Waals surface area contributed by atoms with Crippen LogP contribution in [0, 0.1) is 5.92 Å². The molecule has 0 amide bonds. The van der Waals surface area contributed by atoms with Crippen LogP contribution in [-0.4, -0.2) is 19.1 Å². The molecule has 1 saturated carbocycles. The topological polar surface area (TPSA) is 38.0 Å². The molecule has 0 saturated heterocycles. The van der Waals surface area contributed by atoms with E-state index in [1.807, 2.05) is 0 Å². The number of hydrogen-bond donors (Lipinski definition) is 2. The zero-order valence-electron chi connectivity index (χ0n) is 8.18. The Kier molecular flexibility index (Phi) is 4.62. The molecule has 0 aliphatic heterocycles. The van der Waals surface area contributed by atoms with E-state index >= 15 is 0 Å². The molecular weight excluding hydrogens is 148 g/mol. The highest BCUT2D eigenvalue weighted by atomic mass is 14.9. The van der Waals surface area contributed by atoms with Gasteiger partial charge in [0.05, 0.1) is 0 Å². The van der Waals surface area contributed by atoms with Crippen molar-refractivity contribution in [3.8, 4) is 0 Å². The molecule has 1 rings (SSSR count). The molecule has 0 bridgehead atoms. The van der Waals surface area contributed by atoms with E-state index in [1.165, 1.54) is 25.7 Å². The highest BCUT2D eigenvalue weighted by Crippen LogP contribution is 2.27. The minimum absolute atomic E-state index is 0.707. The summed E-state index contributed by atoms with van der Waals surface area (Å²) in [6.45, 7) is 4.21. The minimum Gasteiger partial charge on any atom is -0.330 e. The van der Waals surface area contributed by atoms with Crippen LogP contribution in [0.1, 0.15) is 39.0 Å². The monoisotopic (exact) mass is 170 g/mol. The van der Waals surface area contributed by atoms with E-state index in [1.54, 1.807) is 0 Å². The fraction of sp³-hybridized carbons (Fsp3) is 1.00. The van der Waals surface area contributed by atoms with Crippen LogP contribution in [0.25, 0.3) is 0 Å². The maximum absolute atomic E-state index is 5.43. The largest absolute Gasteiger partial charge is 0.330 e. The van der Waals surface area contributed by atoms with Crippen molar-refractivity contribution in [2.24, 2.45) is 11.7 Å². The third kappa shape index (κ3) is 3.11. The lowest BCUT2D eigenvalue weighted by Crippen LogP contribution is -2.33. The van der Waals surface area contributed by atoms with Crippen molar-refractivity contribution in [1.29, 1.82) is 0 Å². The van der Waals surface area contributed by atoms with E-state index in [4.69, 9.17) is 5.73 Å². The molecule has 0 aromatic carbocycles. The first-order chi connectivity index (χ1) is 5.84. The van der Waals surface area contributed by atoms with Crippen LogP contribution >= 0.6 is 0 Å². The molecule has 1 aliphatic carbocycles. The standard InChI is InChI=1S/C10H22N2/c1-9(12-8-4-7-11)10-5-2-3-6-10/h9-10,12H,2-8,11H2,1H3/t9-/m0/s1. The Morgan fingerprint density at radius 2 is 2.08 bits per heavy atom. The molecule has 0 radical (unpaired) electrons. The Hall–Kier alpha value is -0.0800. The SMILES string of the molecule is C[C@H](NCCCN)C1CCCC1. The lowest BCUT2D eigenvalue weighted by Gasteiger charge is -2.19. The molecule has 1 fully saturated rings. The number of nitrogens with two attached hydrogens (primary N) is 1. The third-order valence-corrected chi connectivity index (χ3v) is 2.95. The number of nitrogens with one attached hydrogen (secondary N) is 1. The summed E-state index contributed by atoms with van der Waals surface area (Å²) in [5.74, 6) is 0.933. The molecule has 72 valence electrons. The number of rotatable bonds is 5. The Bertz CT molecular complexity index is 108. The van der Waals surface area contributed by atoms with Crippen LogP contribution in [0.15, 0.2) is 0 Å². The lowest BCUT2D eigenvalue weighted by molar-refractivity contribution is 0.381. The average molecular weight is 170 g/mol. The Morgan fingerprint density at radius 1 is 1.42 bits per heavy atom. The van der Waals surface area contributed by atoms with Crippen molar-refractivity contribution in [2.75, 3.05) is 13.1 Å². The zero-order valence-corrected chi connectivity index (χ0v) is 8.18. The summed E-state index contributed by atoms with van der Waals surface area (Å²) in [4.78, 5) is 0. The van der Waals surface area contributed by atoms with Gasteiger partial charge in [-0.05, 0) is 45.2 Å². The lowest BCUT2D eigenvalue weighted by atomic mass is 10.00. The van der Waals surface area contributed by atoms with E-state index in [2.05, 4.69) is 12.2 Å². The van der Waals surface area contributed by atoms with Gasteiger partial charge in [-0.1, -0.05) is 12.8 Å². The van der Waals surface area contributed by atoms with Gasteiger partial charge in [-0.2, -0.15) is 0 Å². The third-order valence-electron chi connectivity index (χ3n) is 2.95. The predicted octanol–water partition coefficient (Wildman–Crippen LogP) is 1.50. The average Bonchev–Trinajstić information content (AvgIpc) is 2.56. The van der Waals surface area contributed by atoms with Gasteiger partial charge >= 0.3 is 0 Å². The first-order valence-electron chi connectivity index (χ1n) is 5.28. The first kappa shape index (κ1) is 10.0. The van der Waals surface area contributed by atoms with Crippen molar-refractivity contribution in [3.05, 3.63) is 0 Å². The van der Waals surface area contributed by atoms with Gasteiger partial charge < -0.3 is 11.1 Å². The Labute approximate surface area is 75.9 Å². The van der Waals surface area contributed by atoms with Gasteiger partial charge in [-0.25, -0.2) is 0 Å². The van der Waals surface area contributed by atoms with Crippen LogP contribution in [0.4, 0.5) is 0 Å². The van der Waals surface area contributed by atoms with Gasteiger partial charge in [0.15, 0.2) is 0 Å². The van der Waals surface area contributed by atoms with Crippen molar-refractivity contribution in [3.63, 3.8) is 0 Å². The second-order valence-corrected chi connectivity index (χ2v) is 3.93. The van der Waals surface area contributed by atoms with Gasteiger partial charge in [0, 0.05) is 6.04 Å². The molecule has 0 spiro atoms. The molecular formula is C10H22N2. The first-order valence-corrected chi connectivity index (χ1v) is 5.28. The summed E-state index contributed by atoms with van der Waals surface area (Å²) in [6, 6.07) is 0.707. The number of hydrogen-bond acceptors (Lipinski definition) is 2. The summed E-state index contributed by atoms with van der Waals surface area (Å²) in [6.07, 6.45) is 6.84. The second-order valence-electron chi connectivity index (χ2n) is 3.93. The van der Waals surface area contributed by atoms with Crippen LogP contribution < -0.4 is 11.1 Å². The molecule has 1 aliphatic rings. The molecule has 0 aromatic rings. The van der Waals surface area contributed by atoms with Crippen molar-refractivity contribution in [2.45, 2.75) is 45.1 Å². The summed E-state index contributed by atoms with van der Waals surface area (Å²) in [5.41, 5.74) is 5.43. The molecule has 0 heterocycles. The molecule has 2 nitrogen and oxygen atoms in total. The molecule has 0 unspecified atom stereocenters. The van der Waals surface area contributed by atoms with Gasteiger partial charge in [0.1, 0.15) is 0 Å².